The molecule has 8 nitrogen and oxygen atoms in total. The molecule has 0 bridgehead atoms. The van der Waals surface area contributed by atoms with E-state index in [2.05, 4.69) is 15.4 Å². The maximum absolute atomic E-state index is 13.0. The first-order valence-corrected chi connectivity index (χ1v) is 10.8. The lowest BCUT2D eigenvalue weighted by molar-refractivity contribution is 0.0722. The van der Waals surface area contributed by atoms with Crippen LogP contribution in [0.25, 0.3) is 11.7 Å². The van der Waals surface area contributed by atoms with Crippen LogP contribution in [0.5, 0.6) is 0 Å². The Balaban J connectivity index is 1.82. The van der Waals surface area contributed by atoms with Crippen molar-refractivity contribution in [3.05, 3.63) is 17.7 Å². The number of ether oxygens (including phenoxy) is 1. The number of hydrogen-bond acceptors (Lipinski definition) is 8. The third-order valence-electron chi connectivity index (χ3n) is 5.00. The van der Waals surface area contributed by atoms with Crippen molar-refractivity contribution in [2.75, 3.05) is 19.0 Å². The Morgan fingerprint density at radius 1 is 1.11 bits per heavy atom. The Kier molecular flexibility index (Phi) is 5.20. The fourth-order valence-corrected chi connectivity index (χ4v) is 4.58. The van der Waals surface area contributed by atoms with E-state index in [1.54, 1.807) is 19.9 Å². The topological polar surface area (TPSA) is 108 Å². The van der Waals surface area contributed by atoms with E-state index in [4.69, 9.17) is 13.7 Å². The molecule has 0 aliphatic carbocycles. The summed E-state index contributed by atoms with van der Waals surface area (Å²) in [5, 5.41) is 12.0. The van der Waals surface area contributed by atoms with E-state index >= 15 is 0 Å². The average Bonchev–Trinajstić information content (AvgIpc) is 3.24. The Morgan fingerprint density at radius 3 is 2.37 bits per heavy atom. The minimum Gasteiger partial charge on any atom is -0.416 e. The van der Waals surface area contributed by atoms with Gasteiger partial charge < -0.3 is 13.7 Å². The molecule has 2 aromatic heterocycles. The van der Waals surface area contributed by atoms with Crippen LogP contribution in [0.15, 0.2) is 15.0 Å². The number of sulfone groups is 1. The first-order valence-electron chi connectivity index (χ1n) is 9.12. The van der Waals surface area contributed by atoms with Crippen LogP contribution < -0.4 is 0 Å². The molecule has 0 atom stereocenters. The second-order valence-corrected chi connectivity index (χ2v) is 11.2. The highest BCUT2D eigenvalue weighted by Crippen LogP contribution is 2.34. The quantitative estimate of drug-likeness (QED) is 0.757. The van der Waals surface area contributed by atoms with E-state index in [9.17, 15) is 8.42 Å². The smallest absolute Gasteiger partial charge is 0.286 e. The first-order chi connectivity index (χ1) is 12.5. The predicted octanol–water partition coefficient (Wildman–Crippen LogP) is 3.10. The van der Waals surface area contributed by atoms with Crippen molar-refractivity contribution in [3.8, 4) is 11.7 Å². The molecule has 0 aromatic carbocycles. The average molecular weight is 397 g/mol. The van der Waals surface area contributed by atoms with Gasteiger partial charge >= 0.3 is 0 Å². The van der Waals surface area contributed by atoms with E-state index in [1.807, 2.05) is 20.8 Å². The number of hydrogen-bond donors (Lipinski definition) is 0. The zero-order valence-electron chi connectivity index (χ0n) is 16.5. The van der Waals surface area contributed by atoms with Crippen molar-refractivity contribution in [1.82, 2.24) is 15.4 Å². The van der Waals surface area contributed by atoms with Crippen molar-refractivity contribution in [2.45, 2.75) is 57.6 Å². The molecule has 150 valence electrons. The van der Waals surface area contributed by atoms with E-state index in [0.717, 1.165) is 18.5 Å². The van der Waals surface area contributed by atoms with Crippen LogP contribution >= 0.6 is 0 Å². The molecule has 0 unspecified atom stereocenters. The van der Waals surface area contributed by atoms with Gasteiger partial charge in [0.1, 0.15) is 4.75 Å². The summed E-state index contributed by atoms with van der Waals surface area (Å²) < 4.78 is 41.0. The molecule has 0 amide bonds. The van der Waals surface area contributed by atoms with Gasteiger partial charge in [-0.3, -0.25) is 0 Å². The summed E-state index contributed by atoms with van der Waals surface area (Å²) >= 11 is 0. The van der Waals surface area contributed by atoms with E-state index in [-0.39, 0.29) is 28.9 Å². The molecule has 2 aromatic rings. The third-order valence-corrected chi connectivity index (χ3v) is 7.64. The summed E-state index contributed by atoms with van der Waals surface area (Å²) in [6.45, 7) is 10.4. The number of nitrogens with zero attached hydrogens (tertiary/aromatic N) is 3. The molecule has 27 heavy (non-hydrogen) atoms. The second-order valence-electron chi connectivity index (χ2n) is 8.59. The van der Waals surface area contributed by atoms with E-state index in [1.165, 1.54) is 0 Å². The van der Waals surface area contributed by atoms with Gasteiger partial charge in [-0.1, -0.05) is 25.9 Å². The number of aromatic nitrogens is 3. The lowest BCUT2D eigenvalue weighted by Gasteiger charge is -2.26. The van der Waals surface area contributed by atoms with Crippen molar-refractivity contribution in [1.29, 1.82) is 0 Å². The van der Waals surface area contributed by atoms with E-state index < -0.39 is 14.6 Å². The molecule has 3 heterocycles. The van der Waals surface area contributed by atoms with Crippen LogP contribution in [0.2, 0.25) is 0 Å². The lowest BCUT2D eigenvalue weighted by Crippen LogP contribution is -2.35. The second kappa shape index (κ2) is 7.01. The van der Waals surface area contributed by atoms with Crippen molar-refractivity contribution >= 4 is 9.84 Å². The summed E-state index contributed by atoms with van der Waals surface area (Å²) in [6, 6.07) is 1.74. The summed E-state index contributed by atoms with van der Waals surface area (Å²) in [5.74, 6) is 0.684. The minimum absolute atomic E-state index is 0.0540. The van der Waals surface area contributed by atoms with Gasteiger partial charge in [-0.15, -0.1) is 10.2 Å². The molecule has 3 rings (SSSR count). The summed E-state index contributed by atoms with van der Waals surface area (Å²) in [6.07, 6.45) is 1.50. The summed E-state index contributed by atoms with van der Waals surface area (Å²) in [7, 11) is -3.50. The molecule has 1 fully saturated rings. The molecule has 9 heteroatoms. The van der Waals surface area contributed by atoms with Crippen molar-refractivity contribution in [2.24, 2.45) is 5.92 Å². The highest BCUT2D eigenvalue weighted by Gasteiger charge is 2.42. The van der Waals surface area contributed by atoms with Crippen molar-refractivity contribution in [3.63, 3.8) is 0 Å². The van der Waals surface area contributed by atoms with E-state index in [0.29, 0.717) is 19.0 Å². The zero-order chi connectivity index (χ0) is 19.9. The third kappa shape index (κ3) is 4.08. The zero-order valence-corrected chi connectivity index (χ0v) is 17.3. The molecule has 0 N–H and O–H groups in total. The van der Waals surface area contributed by atoms with Crippen LogP contribution in [0.3, 0.4) is 0 Å². The van der Waals surface area contributed by atoms with Gasteiger partial charge in [0.05, 0.1) is 11.4 Å². The SMILES string of the molecule is CC(C)(C)c1cc(-c2nnc(C(C)(C)S(=O)(=O)CC3CCOCC3)o2)on1. The van der Waals surface area contributed by atoms with Crippen LogP contribution in [-0.4, -0.2) is 42.7 Å². The summed E-state index contributed by atoms with van der Waals surface area (Å²) in [4.78, 5) is 0. The van der Waals surface area contributed by atoms with Crippen LogP contribution in [0.4, 0.5) is 0 Å². The van der Waals surface area contributed by atoms with Gasteiger partial charge in [0, 0.05) is 24.7 Å². The largest absolute Gasteiger partial charge is 0.416 e. The lowest BCUT2D eigenvalue weighted by atomic mass is 9.92. The van der Waals surface area contributed by atoms with Crippen LogP contribution in [0.1, 0.15) is 59.0 Å². The van der Waals surface area contributed by atoms with Gasteiger partial charge in [-0.05, 0) is 32.6 Å². The molecular weight excluding hydrogens is 370 g/mol. The molecule has 0 saturated carbocycles. The monoisotopic (exact) mass is 397 g/mol. The maximum atomic E-state index is 13.0. The van der Waals surface area contributed by atoms with Crippen LogP contribution in [-0.2, 0) is 24.7 Å². The predicted molar refractivity (Wildman–Crippen MR) is 98.9 cm³/mol. The van der Waals surface area contributed by atoms with Crippen LogP contribution in [0, 0.1) is 5.92 Å². The highest BCUT2D eigenvalue weighted by molar-refractivity contribution is 7.92. The maximum Gasteiger partial charge on any atom is 0.286 e. The fraction of sp³-hybridized carbons (Fsp3) is 0.722. The Labute approximate surface area is 159 Å². The van der Waals surface area contributed by atoms with Gasteiger partial charge in [0.15, 0.2) is 9.84 Å². The first kappa shape index (κ1) is 20.0. The molecular formula is C18H27N3O5S. The Bertz CT molecular complexity index is 886. The van der Waals surface area contributed by atoms with Gasteiger partial charge in [-0.25, -0.2) is 8.42 Å². The number of rotatable bonds is 5. The minimum atomic E-state index is -3.50. The highest BCUT2D eigenvalue weighted by atomic mass is 32.2. The molecule has 1 aliphatic heterocycles. The van der Waals surface area contributed by atoms with Crippen molar-refractivity contribution < 1.29 is 22.1 Å². The molecule has 0 radical (unpaired) electrons. The van der Waals surface area contributed by atoms with Gasteiger partial charge in [0.25, 0.3) is 5.89 Å². The fourth-order valence-electron chi connectivity index (χ4n) is 2.86. The Morgan fingerprint density at radius 2 is 1.78 bits per heavy atom. The van der Waals surface area contributed by atoms with Gasteiger partial charge in [0.2, 0.25) is 11.7 Å². The van der Waals surface area contributed by atoms with Gasteiger partial charge in [-0.2, -0.15) is 0 Å². The normalized spacial score (nSPS) is 17.4. The molecule has 0 spiro atoms. The molecule has 1 aliphatic rings. The molecule has 1 saturated heterocycles. The summed E-state index contributed by atoms with van der Waals surface area (Å²) in [5.41, 5.74) is 0.570. The Hall–Kier alpha value is -1.74. The standard InChI is InChI=1S/C18H27N3O5S/c1-17(2,3)14-10-13(26-21-14)15-19-20-16(25-15)18(4,5)27(22,23)11-12-6-8-24-9-7-12/h10,12H,6-9,11H2,1-5H3.